The second-order valence-electron chi connectivity index (χ2n) is 5.02. The van der Waals surface area contributed by atoms with E-state index in [0.717, 1.165) is 26.4 Å². The van der Waals surface area contributed by atoms with Gasteiger partial charge in [-0.05, 0) is 53.9 Å². The van der Waals surface area contributed by atoms with E-state index in [-0.39, 0.29) is 5.91 Å². The zero-order valence-corrected chi connectivity index (χ0v) is 14.7. The molecule has 0 bridgehead atoms. The first kappa shape index (κ1) is 15.8. The molecule has 0 aliphatic heterocycles. The van der Waals surface area contributed by atoms with Gasteiger partial charge >= 0.3 is 0 Å². The third-order valence-electron chi connectivity index (χ3n) is 3.20. The van der Waals surface area contributed by atoms with E-state index in [1.807, 2.05) is 66.0 Å². The van der Waals surface area contributed by atoms with Gasteiger partial charge in [0.15, 0.2) is 0 Å². The van der Waals surface area contributed by atoms with Crippen LogP contribution in [0.3, 0.4) is 0 Å². The van der Waals surface area contributed by atoms with Crippen LogP contribution in [0.1, 0.15) is 4.88 Å². The summed E-state index contributed by atoms with van der Waals surface area (Å²) in [6.45, 7) is 0. The summed E-state index contributed by atoms with van der Waals surface area (Å²) < 4.78 is 1.03. The molecule has 0 spiro atoms. The van der Waals surface area contributed by atoms with Crippen molar-refractivity contribution < 1.29 is 4.79 Å². The van der Waals surface area contributed by atoms with Gasteiger partial charge in [0.05, 0.1) is 6.42 Å². The summed E-state index contributed by atoms with van der Waals surface area (Å²) in [5.41, 5.74) is 2.78. The lowest BCUT2D eigenvalue weighted by atomic mass is 10.2. The predicted octanol–water partition coefficient (Wildman–Crippen LogP) is 5.44. The van der Waals surface area contributed by atoms with E-state index in [4.69, 9.17) is 0 Å². The lowest BCUT2D eigenvalue weighted by Crippen LogP contribution is -2.13. The molecule has 3 rings (SSSR count). The lowest BCUT2D eigenvalue weighted by molar-refractivity contribution is -0.115. The summed E-state index contributed by atoms with van der Waals surface area (Å²) in [6, 6.07) is 19.6. The van der Waals surface area contributed by atoms with Crippen molar-refractivity contribution >= 4 is 50.2 Å². The number of carbonyl (C=O) groups is 1. The monoisotopic (exact) mass is 386 g/mol. The maximum atomic E-state index is 12.0. The molecule has 3 nitrogen and oxygen atoms in total. The molecule has 0 aliphatic rings. The Morgan fingerprint density at radius 1 is 0.957 bits per heavy atom. The maximum absolute atomic E-state index is 12.0. The molecule has 116 valence electrons. The van der Waals surface area contributed by atoms with Gasteiger partial charge in [-0.1, -0.05) is 28.1 Å². The molecule has 23 heavy (non-hydrogen) atoms. The van der Waals surface area contributed by atoms with Gasteiger partial charge in [0.25, 0.3) is 0 Å². The topological polar surface area (TPSA) is 41.1 Å². The summed E-state index contributed by atoms with van der Waals surface area (Å²) in [7, 11) is 0. The molecule has 0 saturated heterocycles. The molecule has 2 N–H and O–H groups in total. The number of rotatable bonds is 5. The van der Waals surface area contributed by atoms with Crippen molar-refractivity contribution in [2.45, 2.75) is 6.42 Å². The molecule has 1 amide bonds. The SMILES string of the molecule is O=C(Cc1cccs1)Nc1ccc(Nc2cccc(Br)c2)cc1. The Labute approximate surface area is 147 Å². The van der Waals surface area contributed by atoms with Gasteiger partial charge in [0.1, 0.15) is 0 Å². The van der Waals surface area contributed by atoms with Crippen molar-refractivity contribution in [1.29, 1.82) is 0 Å². The summed E-state index contributed by atoms with van der Waals surface area (Å²) in [5.74, 6) is 0.000138. The zero-order chi connectivity index (χ0) is 16.1. The number of halogens is 1. The Morgan fingerprint density at radius 2 is 1.74 bits per heavy atom. The summed E-state index contributed by atoms with van der Waals surface area (Å²) in [6.07, 6.45) is 0.412. The quantitative estimate of drug-likeness (QED) is 0.613. The molecule has 0 aliphatic carbocycles. The standard InChI is InChI=1S/C18H15BrN2OS/c19-13-3-1-4-16(11-13)20-14-6-8-15(9-7-14)21-18(22)12-17-5-2-10-23-17/h1-11,20H,12H2,(H,21,22). The van der Waals surface area contributed by atoms with E-state index in [1.54, 1.807) is 11.3 Å². The number of anilines is 3. The van der Waals surface area contributed by atoms with Crippen LogP contribution < -0.4 is 10.6 Å². The summed E-state index contributed by atoms with van der Waals surface area (Å²) >= 11 is 5.04. The third kappa shape index (κ3) is 4.68. The van der Waals surface area contributed by atoms with Crippen LogP contribution in [0.15, 0.2) is 70.5 Å². The van der Waals surface area contributed by atoms with Crippen LogP contribution in [0.4, 0.5) is 17.1 Å². The van der Waals surface area contributed by atoms with E-state index in [0.29, 0.717) is 6.42 Å². The fourth-order valence-electron chi connectivity index (χ4n) is 2.15. The third-order valence-corrected chi connectivity index (χ3v) is 4.57. The number of thiophene rings is 1. The molecule has 3 aromatic rings. The van der Waals surface area contributed by atoms with E-state index in [1.165, 1.54) is 0 Å². The first-order chi connectivity index (χ1) is 11.2. The summed E-state index contributed by atoms with van der Waals surface area (Å²) in [4.78, 5) is 13.0. The number of amides is 1. The molecular weight excluding hydrogens is 372 g/mol. The Bertz CT molecular complexity index is 785. The minimum absolute atomic E-state index is 0.000138. The van der Waals surface area contributed by atoms with Gasteiger partial charge < -0.3 is 10.6 Å². The fraction of sp³-hybridized carbons (Fsp3) is 0.0556. The molecule has 1 heterocycles. The van der Waals surface area contributed by atoms with Crippen LogP contribution in [-0.4, -0.2) is 5.91 Å². The molecule has 0 radical (unpaired) electrons. The number of benzene rings is 2. The van der Waals surface area contributed by atoms with Crippen molar-refractivity contribution in [2.75, 3.05) is 10.6 Å². The zero-order valence-electron chi connectivity index (χ0n) is 12.3. The van der Waals surface area contributed by atoms with E-state index in [2.05, 4.69) is 26.6 Å². The smallest absolute Gasteiger partial charge is 0.229 e. The molecular formula is C18H15BrN2OS. The Morgan fingerprint density at radius 3 is 2.43 bits per heavy atom. The van der Waals surface area contributed by atoms with Crippen molar-refractivity contribution in [2.24, 2.45) is 0 Å². The Balaban J connectivity index is 1.59. The first-order valence-electron chi connectivity index (χ1n) is 7.14. The van der Waals surface area contributed by atoms with Gasteiger partial charge in [0.2, 0.25) is 5.91 Å². The minimum atomic E-state index is 0.000138. The first-order valence-corrected chi connectivity index (χ1v) is 8.81. The minimum Gasteiger partial charge on any atom is -0.355 e. The lowest BCUT2D eigenvalue weighted by Gasteiger charge is -2.09. The molecule has 0 fully saturated rings. The second kappa shape index (κ2) is 7.44. The van der Waals surface area contributed by atoms with Crippen molar-refractivity contribution in [3.8, 4) is 0 Å². The molecule has 1 aromatic heterocycles. The molecule has 0 saturated carbocycles. The highest BCUT2D eigenvalue weighted by molar-refractivity contribution is 9.10. The highest BCUT2D eigenvalue weighted by atomic mass is 79.9. The average Bonchev–Trinajstić information content (AvgIpc) is 3.02. The van der Waals surface area contributed by atoms with Gasteiger partial charge in [-0.25, -0.2) is 0 Å². The maximum Gasteiger partial charge on any atom is 0.229 e. The Kier molecular flexibility index (Phi) is 5.10. The normalized spacial score (nSPS) is 10.3. The largest absolute Gasteiger partial charge is 0.355 e. The van der Waals surface area contributed by atoms with Crippen molar-refractivity contribution in [3.63, 3.8) is 0 Å². The number of carbonyl (C=O) groups excluding carboxylic acids is 1. The van der Waals surface area contributed by atoms with E-state index < -0.39 is 0 Å². The highest BCUT2D eigenvalue weighted by Gasteiger charge is 2.05. The Hall–Kier alpha value is -2.11. The van der Waals surface area contributed by atoms with Gasteiger partial charge in [-0.3, -0.25) is 4.79 Å². The van der Waals surface area contributed by atoms with Gasteiger partial charge in [0, 0.05) is 26.4 Å². The van der Waals surface area contributed by atoms with Crippen LogP contribution in [0.2, 0.25) is 0 Å². The van der Waals surface area contributed by atoms with Crippen LogP contribution in [0.25, 0.3) is 0 Å². The number of hydrogen-bond donors (Lipinski definition) is 2. The predicted molar refractivity (Wildman–Crippen MR) is 101 cm³/mol. The molecule has 2 aromatic carbocycles. The van der Waals surface area contributed by atoms with Crippen LogP contribution in [0, 0.1) is 0 Å². The second-order valence-corrected chi connectivity index (χ2v) is 6.96. The molecule has 0 atom stereocenters. The van der Waals surface area contributed by atoms with Crippen LogP contribution in [0.5, 0.6) is 0 Å². The fourth-order valence-corrected chi connectivity index (χ4v) is 3.25. The van der Waals surface area contributed by atoms with Crippen molar-refractivity contribution in [1.82, 2.24) is 0 Å². The summed E-state index contributed by atoms with van der Waals surface area (Å²) in [5, 5.41) is 8.21. The van der Waals surface area contributed by atoms with Crippen LogP contribution in [-0.2, 0) is 11.2 Å². The number of nitrogens with one attached hydrogen (secondary N) is 2. The van der Waals surface area contributed by atoms with E-state index >= 15 is 0 Å². The van der Waals surface area contributed by atoms with E-state index in [9.17, 15) is 4.79 Å². The highest BCUT2D eigenvalue weighted by Crippen LogP contribution is 2.22. The van der Waals surface area contributed by atoms with Gasteiger partial charge in [-0.2, -0.15) is 0 Å². The van der Waals surface area contributed by atoms with Crippen molar-refractivity contribution in [3.05, 3.63) is 75.4 Å². The average molecular weight is 387 g/mol. The molecule has 0 unspecified atom stereocenters. The number of hydrogen-bond acceptors (Lipinski definition) is 3. The van der Waals surface area contributed by atoms with Gasteiger partial charge in [-0.15, -0.1) is 11.3 Å². The molecule has 5 heteroatoms. The van der Waals surface area contributed by atoms with Crippen LogP contribution >= 0.6 is 27.3 Å².